The monoisotopic (exact) mass is 484 g/mol. The van der Waals surface area contributed by atoms with Gasteiger partial charge in [-0.3, -0.25) is 19.6 Å². The molecule has 1 aromatic heterocycles. The molecule has 3 heterocycles. The molecular weight excluding hydrogens is 455 g/mol. The summed E-state index contributed by atoms with van der Waals surface area (Å²) in [7, 11) is 1.29. The lowest BCUT2D eigenvalue weighted by molar-refractivity contribution is -0.142. The number of rotatable bonds is 5. The number of aryl methyl sites for hydroxylation is 1. The van der Waals surface area contributed by atoms with E-state index < -0.39 is 24.0 Å². The number of halogens is 1. The van der Waals surface area contributed by atoms with E-state index in [1.54, 1.807) is 29.2 Å². The van der Waals surface area contributed by atoms with Crippen LogP contribution in [0.1, 0.15) is 17.7 Å². The second-order valence-electron chi connectivity index (χ2n) is 8.64. The Balaban J connectivity index is 1.42. The summed E-state index contributed by atoms with van der Waals surface area (Å²) in [6.07, 6.45) is 1.92. The highest BCUT2D eigenvalue weighted by molar-refractivity contribution is 5.99. The van der Waals surface area contributed by atoms with Gasteiger partial charge in [-0.25, -0.2) is 14.0 Å². The Morgan fingerprint density at radius 3 is 2.57 bits per heavy atom. The maximum atomic E-state index is 15.2. The first-order valence-corrected chi connectivity index (χ1v) is 11.5. The highest BCUT2D eigenvalue weighted by Crippen LogP contribution is 2.23. The van der Waals surface area contributed by atoms with Crippen molar-refractivity contribution in [1.29, 1.82) is 0 Å². The van der Waals surface area contributed by atoms with E-state index in [0.29, 0.717) is 37.4 Å². The predicted molar refractivity (Wildman–Crippen MR) is 127 cm³/mol. The van der Waals surface area contributed by atoms with E-state index in [0.717, 1.165) is 12.1 Å². The number of hydrogen-bond donors (Lipinski definition) is 2. The van der Waals surface area contributed by atoms with E-state index in [1.807, 2.05) is 11.8 Å². The molecule has 0 unspecified atom stereocenters. The first kappa shape index (κ1) is 24.4. The SMILES string of the molecule is COC(=O)N1CCN(Cc2cccc(NC(=O)Nc3ccc(C)nc3)c2F)C[C@H]1C(=O)N1CCC1. The van der Waals surface area contributed by atoms with Gasteiger partial charge in [-0.2, -0.15) is 0 Å². The predicted octanol–water partition coefficient (Wildman–Crippen LogP) is 2.66. The third-order valence-electron chi connectivity index (χ3n) is 6.22. The molecule has 0 spiro atoms. The summed E-state index contributed by atoms with van der Waals surface area (Å²) in [5, 5.41) is 5.16. The molecule has 2 aliphatic heterocycles. The number of carbonyl (C=O) groups is 3. The number of aromatic nitrogens is 1. The van der Waals surface area contributed by atoms with Crippen LogP contribution in [0, 0.1) is 12.7 Å². The number of ether oxygens (including phenoxy) is 1. The second-order valence-corrected chi connectivity index (χ2v) is 8.64. The molecule has 2 aliphatic rings. The van der Waals surface area contributed by atoms with Crippen molar-refractivity contribution in [2.45, 2.75) is 25.9 Å². The number of pyridine rings is 1. The molecule has 0 bridgehead atoms. The lowest BCUT2D eigenvalue weighted by Crippen LogP contribution is -2.62. The molecule has 4 amide bonds. The minimum atomic E-state index is -0.685. The number of benzene rings is 1. The van der Waals surface area contributed by atoms with Gasteiger partial charge in [-0.05, 0) is 31.5 Å². The number of likely N-dealkylation sites (tertiary alicyclic amines) is 1. The summed E-state index contributed by atoms with van der Waals surface area (Å²) in [5.74, 6) is -0.671. The van der Waals surface area contributed by atoms with Crippen LogP contribution in [-0.2, 0) is 16.1 Å². The zero-order chi connectivity index (χ0) is 24.9. The third-order valence-corrected chi connectivity index (χ3v) is 6.22. The molecule has 1 aromatic carbocycles. The molecule has 2 aromatic rings. The number of anilines is 2. The molecule has 186 valence electrons. The van der Waals surface area contributed by atoms with Crippen molar-refractivity contribution >= 4 is 29.4 Å². The van der Waals surface area contributed by atoms with Gasteiger partial charge in [0, 0.05) is 50.5 Å². The number of urea groups is 1. The fourth-order valence-electron chi connectivity index (χ4n) is 4.14. The van der Waals surface area contributed by atoms with Crippen molar-refractivity contribution in [2.24, 2.45) is 0 Å². The average molecular weight is 485 g/mol. The van der Waals surface area contributed by atoms with Gasteiger partial charge in [-0.15, -0.1) is 0 Å². The van der Waals surface area contributed by atoms with Crippen molar-refractivity contribution < 1.29 is 23.5 Å². The van der Waals surface area contributed by atoms with Crippen molar-refractivity contribution in [1.82, 2.24) is 19.7 Å². The Bertz CT molecular complexity index is 1090. The van der Waals surface area contributed by atoms with Gasteiger partial charge in [0.1, 0.15) is 6.04 Å². The third kappa shape index (κ3) is 5.68. The maximum Gasteiger partial charge on any atom is 0.410 e. The van der Waals surface area contributed by atoms with Crippen LogP contribution in [0.15, 0.2) is 36.5 Å². The van der Waals surface area contributed by atoms with Gasteiger partial charge >= 0.3 is 12.1 Å². The zero-order valence-corrected chi connectivity index (χ0v) is 19.8. The van der Waals surface area contributed by atoms with Gasteiger partial charge in [-0.1, -0.05) is 12.1 Å². The first-order valence-electron chi connectivity index (χ1n) is 11.5. The van der Waals surface area contributed by atoms with Crippen molar-refractivity contribution in [3.05, 3.63) is 53.6 Å². The summed E-state index contributed by atoms with van der Waals surface area (Å²) < 4.78 is 20.1. The van der Waals surface area contributed by atoms with Crippen molar-refractivity contribution in [3.63, 3.8) is 0 Å². The van der Waals surface area contributed by atoms with E-state index in [4.69, 9.17) is 4.74 Å². The van der Waals surface area contributed by atoms with Gasteiger partial charge in [0.15, 0.2) is 5.82 Å². The quantitative estimate of drug-likeness (QED) is 0.676. The summed E-state index contributed by atoms with van der Waals surface area (Å²) in [6, 6.07) is 6.98. The number of carbonyl (C=O) groups excluding carboxylic acids is 3. The van der Waals surface area contributed by atoms with Crippen LogP contribution >= 0.6 is 0 Å². The smallest absolute Gasteiger partial charge is 0.410 e. The number of nitrogens with zero attached hydrogens (tertiary/aromatic N) is 4. The second kappa shape index (κ2) is 10.7. The topological polar surface area (TPSA) is 107 Å². The molecule has 0 radical (unpaired) electrons. The normalized spacial score (nSPS) is 18.0. The van der Waals surface area contributed by atoms with Crippen LogP contribution in [0.25, 0.3) is 0 Å². The molecule has 2 fully saturated rings. The fraction of sp³-hybridized carbons (Fsp3) is 0.417. The van der Waals surface area contributed by atoms with E-state index in [-0.39, 0.29) is 24.7 Å². The highest BCUT2D eigenvalue weighted by Gasteiger charge is 2.39. The molecule has 35 heavy (non-hydrogen) atoms. The summed E-state index contributed by atoms with van der Waals surface area (Å²) >= 11 is 0. The number of piperazine rings is 1. The summed E-state index contributed by atoms with van der Waals surface area (Å²) in [4.78, 5) is 46.7. The van der Waals surface area contributed by atoms with Gasteiger partial charge in [0.05, 0.1) is 24.7 Å². The number of methoxy groups -OCH3 is 1. The summed E-state index contributed by atoms with van der Waals surface area (Å²) in [6.45, 7) is 4.43. The number of nitrogens with one attached hydrogen (secondary N) is 2. The van der Waals surface area contributed by atoms with Gasteiger partial charge in [0.2, 0.25) is 5.91 Å². The fourth-order valence-corrected chi connectivity index (χ4v) is 4.14. The molecule has 0 aliphatic carbocycles. The summed E-state index contributed by atoms with van der Waals surface area (Å²) in [5.41, 5.74) is 1.73. The lowest BCUT2D eigenvalue weighted by atomic mass is 10.1. The van der Waals surface area contributed by atoms with Crippen LogP contribution < -0.4 is 10.6 Å². The van der Waals surface area contributed by atoms with Crippen LogP contribution in [0.5, 0.6) is 0 Å². The van der Waals surface area contributed by atoms with Crippen LogP contribution in [0.3, 0.4) is 0 Å². The molecule has 10 nitrogen and oxygen atoms in total. The van der Waals surface area contributed by atoms with E-state index in [9.17, 15) is 14.4 Å². The highest BCUT2D eigenvalue weighted by atomic mass is 19.1. The molecule has 4 rings (SSSR count). The molecule has 0 saturated carbocycles. The minimum absolute atomic E-state index is 0.0430. The van der Waals surface area contributed by atoms with Gasteiger partial charge in [0.25, 0.3) is 0 Å². The Morgan fingerprint density at radius 2 is 1.91 bits per heavy atom. The average Bonchev–Trinajstić information content (AvgIpc) is 2.81. The van der Waals surface area contributed by atoms with Crippen LogP contribution in [0.4, 0.5) is 25.4 Å². The molecule has 1 atom stereocenters. The minimum Gasteiger partial charge on any atom is -0.453 e. The first-order chi connectivity index (χ1) is 16.9. The van der Waals surface area contributed by atoms with E-state index in [2.05, 4.69) is 15.6 Å². The van der Waals surface area contributed by atoms with Crippen LogP contribution in [0.2, 0.25) is 0 Å². The Morgan fingerprint density at radius 1 is 1.11 bits per heavy atom. The van der Waals surface area contributed by atoms with Gasteiger partial charge < -0.3 is 20.3 Å². The largest absolute Gasteiger partial charge is 0.453 e. The maximum absolute atomic E-state index is 15.2. The van der Waals surface area contributed by atoms with E-state index in [1.165, 1.54) is 24.3 Å². The van der Waals surface area contributed by atoms with Crippen molar-refractivity contribution in [3.8, 4) is 0 Å². The molecule has 2 N–H and O–H groups in total. The molecular formula is C24H29FN6O4. The number of amides is 4. The standard InChI is InChI=1S/C24H29FN6O4/c1-16-7-8-18(13-26-16)27-23(33)28-19-6-3-5-17(21(19)25)14-29-11-12-31(24(34)35-2)20(15-29)22(32)30-9-4-10-30/h3,5-8,13,20H,4,9-12,14-15H2,1-2H3,(H2,27,28,33)/t20-/m0/s1. The Kier molecular flexibility index (Phi) is 7.45. The Labute approximate surface area is 203 Å². The van der Waals surface area contributed by atoms with E-state index >= 15 is 4.39 Å². The molecule has 2 saturated heterocycles. The lowest BCUT2D eigenvalue weighted by Gasteiger charge is -2.43. The van der Waals surface area contributed by atoms with Crippen LogP contribution in [-0.4, -0.2) is 83.6 Å². The number of hydrogen-bond acceptors (Lipinski definition) is 6. The molecule has 11 heteroatoms. The Hall–Kier alpha value is -3.73. The zero-order valence-electron chi connectivity index (χ0n) is 19.8. The van der Waals surface area contributed by atoms with Crippen molar-refractivity contribution in [2.75, 3.05) is 50.5 Å².